The minimum absolute atomic E-state index is 0.122. The van der Waals surface area contributed by atoms with Crippen LogP contribution in [0, 0.1) is 0 Å². The summed E-state index contributed by atoms with van der Waals surface area (Å²) in [6.45, 7) is 5.84. The van der Waals surface area contributed by atoms with E-state index in [4.69, 9.17) is 10.5 Å². The number of aromatic nitrogens is 2. The number of hydrogen-bond donors (Lipinski definition) is 2. The maximum absolute atomic E-state index is 12.2. The van der Waals surface area contributed by atoms with Crippen molar-refractivity contribution in [2.75, 3.05) is 11.9 Å². The van der Waals surface area contributed by atoms with Crippen molar-refractivity contribution in [2.45, 2.75) is 26.2 Å². The lowest BCUT2D eigenvalue weighted by atomic mass is 9.98. The van der Waals surface area contributed by atoms with Crippen LogP contribution in [0.4, 0.5) is 5.13 Å². The number of rotatable bonds is 5. The van der Waals surface area contributed by atoms with Crippen LogP contribution in [0.25, 0.3) is 0 Å². The first-order valence-electron chi connectivity index (χ1n) is 6.92. The van der Waals surface area contributed by atoms with Crippen molar-refractivity contribution in [3.63, 3.8) is 0 Å². The van der Waals surface area contributed by atoms with Gasteiger partial charge in [0, 0.05) is 11.0 Å². The molecule has 0 saturated carbocycles. The van der Waals surface area contributed by atoms with Crippen LogP contribution >= 0.6 is 11.3 Å². The molecule has 0 aliphatic carbocycles. The molecule has 0 saturated heterocycles. The highest BCUT2D eigenvalue weighted by Gasteiger charge is 2.20. The van der Waals surface area contributed by atoms with Crippen molar-refractivity contribution < 1.29 is 14.3 Å². The second-order valence-electron chi connectivity index (χ2n) is 5.90. The first-order chi connectivity index (χ1) is 10.8. The number of carbonyl (C=O) groups excluding carboxylic acids is 2. The molecule has 8 heteroatoms. The Morgan fingerprint density at radius 3 is 2.65 bits per heavy atom. The van der Waals surface area contributed by atoms with Gasteiger partial charge in [0.15, 0.2) is 6.61 Å². The predicted octanol–water partition coefficient (Wildman–Crippen LogP) is 1.95. The van der Waals surface area contributed by atoms with E-state index in [1.807, 2.05) is 20.8 Å². The van der Waals surface area contributed by atoms with Crippen molar-refractivity contribution in [2.24, 2.45) is 5.73 Å². The van der Waals surface area contributed by atoms with Crippen molar-refractivity contribution in [1.82, 2.24) is 10.2 Å². The predicted molar refractivity (Wildman–Crippen MR) is 87.7 cm³/mol. The standard InChI is InChI=1S/C15H18N4O3S/c1-15(2,3)13-18-19-14(23-13)17-12(21)9-5-4-6-10(7-9)22-8-11(16)20/h4-7H,8H2,1-3H3,(H2,16,20)(H,17,19,21). The van der Waals surface area contributed by atoms with Crippen LogP contribution in [-0.4, -0.2) is 28.6 Å². The molecule has 23 heavy (non-hydrogen) atoms. The molecule has 0 spiro atoms. The summed E-state index contributed by atoms with van der Waals surface area (Å²) in [5.74, 6) is -0.515. The van der Waals surface area contributed by atoms with Gasteiger partial charge in [-0.2, -0.15) is 0 Å². The molecule has 2 amide bonds. The van der Waals surface area contributed by atoms with Crippen LogP contribution in [-0.2, 0) is 10.2 Å². The van der Waals surface area contributed by atoms with E-state index in [9.17, 15) is 9.59 Å². The maximum Gasteiger partial charge on any atom is 0.257 e. The number of nitrogens with two attached hydrogens (primary N) is 1. The Kier molecular flexibility index (Phi) is 4.95. The second-order valence-corrected chi connectivity index (χ2v) is 6.88. The van der Waals surface area contributed by atoms with E-state index in [0.717, 1.165) is 5.01 Å². The van der Waals surface area contributed by atoms with Gasteiger partial charge >= 0.3 is 0 Å². The van der Waals surface area contributed by atoms with Gasteiger partial charge in [-0.1, -0.05) is 38.2 Å². The molecule has 1 aromatic carbocycles. The third kappa shape index (κ3) is 4.75. The van der Waals surface area contributed by atoms with Gasteiger partial charge in [0.2, 0.25) is 5.13 Å². The van der Waals surface area contributed by atoms with Crippen LogP contribution in [0.1, 0.15) is 36.1 Å². The lowest BCUT2D eigenvalue weighted by Crippen LogP contribution is -2.20. The van der Waals surface area contributed by atoms with Gasteiger partial charge in [-0.15, -0.1) is 10.2 Å². The van der Waals surface area contributed by atoms with E-state index >= 15 is 0 Å². The number of benzene rings is 1. The third-order valence-electron chi connectivity index (χ3n) is 2.76. The van der Waals surface area contributed by atoms with Crippen molar-refractivity contribution in [3.8, 4) is 5.75 Å². The van der Waals surface area contributed by atoms with Gasteiger partial charge in [-0.3, -0.25) is 14.9 Å². The SMILES string of the molecule is CC(C)(C)c1nnc(NC(=O)c2cccc(OCC(N)=O)c2)s1. The maximum atomic E-state index is 12.2. The van der Waals surface area contributed by atoms with Gasteiger partial charge in [-0.05, 0) is 18.2 Å². The molecule has 0 aliphatic rings. The summed E-state index contributed by atoms with van der Waals surface area (Å²) < 4.78 is 5.18. The highest BCUT2D eigenvalue weighted by molar-refractivity contribution is 7.15. The van der Waals surface area contributed by atoms with E-state index in [1.54, 1.807) is 18.2 Å². The smallest absolute Gasteiger partial charge is 0.257 e. The Bertz CT molecular complexity index is 722. The zero-order chi connectivity index (χ0) is 17.0. The van der Waals surface area contributed by atoms with Crippen LogP contribution < -0.4 is 15.8 Å². The first kappa shape index (κ1) is 16.9. The van der Waals surface area contributed by atoms with Crippen molar-refractivity contribution in [3.05, 3.63) is 34.8 Å². The Balaban J connectivity index is 2.07. The Hall–Kier alpha value is -2.48. The summed E-state index contributed by atoms with van der Waals surface area (Å²) in [7, 11) is 0. The Labute approximate surface area is 137 Å². The lowest BCUT2D eigenvalue weighted by molar-refractivity contribution is -0.119. The molecule has 0 atom stereocenters. The number of hydrogen-bond acceptors (Lipinski definition) is 6. The number of anilines is 1. The number of carbonyl (C=O) groups is 2. The molecule has 0 unspecified atom stereocenters. The van der Waals surface area contributed by atoms with Crippen LogP contribution in [0.15, 0.2) is 24.3 Å². The summed E-state index contributed by atoms with van der Waals surface area (Å²) in [4.78, 5) is 23.0. The number of ether oxygens (including phenoxy) is 1. The molecule has 2 rings (SSSR count). The third-order valence-corrected chi connectivity index (χ3v) is 4.03. The summed E-state index contributed by atoms with van der Waals surface area (Å²) in [5.41, 5.74) is 5.29. The quantitative estimate of drug-likeness (QED) is 0.869. The average Bonchev–Trinajstić information content (AvgIpc) is 2.94. The van der Waals surface area contributed by atoms with Crippen molar-refractivity contribution in [1.29, 1.82) is 0 Å². The molecular formula is C15H18N4O3S. The lowest BCUT2D eigenvalue weighted by Gasteiger charge is -2.12. The number of nitrogens with zero attached hydrogens (tertiary/aromatic N) is 2. The van der Waals surface area contributed by atoms with Crippen molar-refractivity contribution >= 4 is 28.3 Å². The van der Waals surface area contributed by atoms with Gasteiger partial charge in [0.05, 0.1) is 0 Å². The fourth-order valence-electron chi connectivity index (χ4n) is 1.63. The minimum Gasteiger partial charge on any atom is -0.484 e. The van der Waals surface area contributed by atoms with Crippen LogP contribution in [0.2, 0.25) is 0 Å². The molecular weight excluding hydrogens is 316 g/mol. The molecule has 2 aromatic rings. The molecule has 1 aromatic heterocycles. The molecule has 1 heterocycles. The van der Waals surface area contributed by atoms with Gasteiger partial charge < -0.3 is 10.5 Å². The summed E-state index contributed by atoms with van der Waals surface area (Å²) in [6, 6.07) is 6.47. The number of primary amides is 1. The summed E-state index contributed by atoms with van der Waals surface area (Å²) in [6.07, 6.45) is 0. The molecule has 0 bridgehead atoms. The number of nitrogens with one attached hydrogen (secondary N) is 1. The van der Waals surface area contributed by atoms with E-state index in [0.29, 0.717) is 16.4 Å². The van der Waals surface area contributed by atoms with Crippen LogP contribution in [0.5, 0.6) is 5.75 Å². The van der Waals surface area contributed by atoms with Gasteiger partial charge in [-0.25, -0.2) is 0 Å². The molecule has 122 valence electrons. The Morgan fingerprint density at radius 2 is 2.04 bits per heavy atom. The van der Waals surface area contributed by atoms with Gasteiger partial charge in [0.25, 0.3) is 11.8 Å². The van der Waals surface area contributed by atoms with E-state index in [-0.39, 0.29) is 17.9 Å². The molecule has 7 nitrogen and oxygen atoms in total. The monoisotopic (exact) mass is 334 g/mol. The fraction of sp³-hybridized carbons (Fsp3) is 0.333. The molecule has 0 radical (unpaired) electrons. The number of amides is 2. The fourth-order valence-corrected chi connectivity index (χ4v) is 2.42. The first-order valence-corrected chi connectivity index (χ1v) is 7.74. The zero-order valence-corrected chi connectivity index (χ0v) is 13.9. The highest BCUT2D eigenvalue weighted by Crippen LogP contribution is 2.28. The highest BCUT2D eigenvalue weighted by atomic mass is 32.1. The second kappa shape index (κ2) is 6.74. The minimum atomic E-state index is -0.580. The van der Waals surface area contributed by atoms with Gasteiger partial charge in [0.1, 0.15) is 10.8 Å². The largest absolute Gasteiger partial charge is 0.484 e. The summed E-state index contributed by atoms with van der Waals surface area (Å²) in [5, 5.41) is 12.0. The van der Waals surface area contributed by atoms with Crippen LogP contribution in [0.3, 0.4) is 0 Å². The van der Waals surface area contributed by atoms with E-state index < -0.39 is 5.91 Å². The topological polar surface area (TPSA) is 107 Å². The zero-order valence-electron chi connectivity index (χ0n) is 13.1. The summed E-state index contributed by atoms with van der Waals surface area (Å²) >= 11 is 1.33. The normalized spacial score (nSPS) is 11.1. The molecule has 0 aliphatic heterocycles. The average molecular weight is 334 g/mol. The van der Waals surface area contributed by atoms with E-state index in [2.05, 4.69) is 15.5 Å². The Morgan fingerprint density at radius 1 is 1.30 bits per heavy atom. The molecule has 3 N–H and O–H groups in total. The molecule has 0 fully saturated rings. The van der Waals surface area contributed by atoms with E-state index in [1.165, 1.54) is 17.4 Å².